The number of alkyl halides is 3. The SMILES string of the molecule is Cc1cc2c(cc1NC(=O)Nc1ccccc1C(F)(F)F)N(C)S(=O)(=O)N2C. The quantitative estimate of drug-likeness (QED) is 0.785. The van der Waals surface area contributed by atoms with Gasteiger partial charge in [-0.1, -0.05) is 12.1 Å². The number of carbonyl (C=O) groups is 1. The number of amides is 2. The molecule has 2 aromatic rings. The number of carbonyl (C=O) groups excluding carboxylic acids is 1. The highest BCUT2D eigenvalue weighted by molar-refractivity contribution is 7.94. The van der Waals surface area contributed by atoms with Gasteiger partial charge in [0.05, 0.1) is 22.6 Å². The molecule has 150 valence electrons. The van der Waals surface area contributed by atoms with E-state index in [0.29, 0.717) is 16.9 Å². The number of anilines is 4. The van der Waals surface area contributed by atoms with Crippen LogP contribution in [-0.2, 0) is 16.4 Å². The van der Waals surface area contributed by atoms with Crippen LogP contribution in [0.2, 0.25) is 0 Å². The normalized spacial score (nSPS) is 15.4. The Kier molecular flexibility index (Phi) is 4.66. The van der Waals surface area contributed by atoms with Crippen LogP contribution in [0.15, 0.2) is 36.4 Å². The highest BCUT2D eigenvalue weighted by atomic mass is 32.2. The van der Waals surface area contributed by atoms with Gasteiger partial charge in [-0.25, -0.2) is 4.79 Å². The van der Waals surface area contributed by atoms with Gasteiger partial charge in [0.25, 0.3) is 0 Å². The summed E-state index contributed by atoms with van der Waals surface area (Å²) in [4.78, 5) is 12.3. The molecule has 0 saturated carbocycles. The number of rotatable bonds is 2. The lowest BCUT2D eigenvalue weighted by atomic mass is 10.1. The van der Waals surface area contributed by atoms with Crippen LogP contribution in [0.5, 0.6) is 0 Å². The number of urea groups is 1. The van der Waals surface area contributed by atoms with E-state index in [1.165, 1.54) is 32.3 Å². The van der Waals surface area contributed by atoms with E-state index in [-0.39, 0.29) is 11.4 Å². The molecule has 0 fully saturated rings. The third kappa shape index (κ3) is 3.33. The summed E-state index contributed by atoms with van der Waals surface area (Å²) in [6.07, 6.45) is -4.62. The molecule has 0 unspecified atom stereocenters. The lowest BCUT2D eigenvalue weighted by molar-refractivity contribution is -0.136. The zero-order valence-corrected chi connectivity index (χ0v) is 15.9. The molecule has 2 aromatic carbocycles. The van der Waals surface area contributed by atoms with Crippen molar-refractivity contribution in [3.05, 3.63) is 47.5 Å². The van der Waals surface area contributed by atoms with Crippen molar-refractivity contribution in [2.45, 2.75) is 13.1 Å². The molecule has 0 radical (unpaired) electrons. The third-order valence-electron chi connectivity index (χ3n) is 4.42. The summed E-state index contributed by atoms with van der Waals surface area (Å²) < 4.78 is 65.8. The molecule has 1 aliphatic rings. The molecular weight excluding hydrogens is 397 g/mol. The Morgan fingerprint density at radius 2 is 1.50 bits per heavy atom. The van der Waals surface area contributed by atoms with Crippen molar-refractivity contribution in [1.82, 2.24) is 0 Å². The highest BCUT2D eigenvalue weighted by Crippen LogP contribution is 2.42. The first-order chi connectivity index (χ1) is 12.9. The first-order valence-electron chi connectivity index (χ1n) is 8.04. The minimum atomic E-state index is -4.62. The van der Waals surface area contributed by atoms with Gasteiger partial charge in [-0.2, -0.15) is 21.6 Å². The van der Waals surface area contributed by atoms with Crippen molar-refractivity contribution < 1.29 is 26.4 Å². The van der Waals surface area contributed by atoms with E-state index in [0.717, 1.165) is 20.7 Å². The molecule has 3 rings (SSSR count). The number of hydrogen-bond acceptors (Lipinski definition) is 3. The van der Waals surface area contributed by atoms with Gasteiger partial charge >= 0.3 is 22.4 Å². The lowest BCUT2D eigenvalue weighted by Crippen LogP contribution is -2.32. The summed E-state index contributed by atoms with van der Waals surface area (Å²) in [6.45, 7) is 1.65. The molecule has 1 aliphatic heterocycles. The Hall–Kier alpha value is -2.95. The van der Waals surface area contributed by atoms with Gasteiger partial charge in [-0.05, 0) is 36.8 Å². The van der Waals surface area contributed by atoms with Crippen LogP contribution in [-0.4, -0.2) is 28.5 Å². The summed E-state index contributed by atoms with van der Waals surface area (Å²) in [7, 11) is -0.903. The fraction of sp³-hybridized carbons (Fsp3) is 0.235. The molecule has 0 atom stereocenters. The van der Waals surface area contributed by atoms with Crippen LogP contribution in [0.25, 0.3) is 0 Å². The molecule has 1 heterocycles. The summed E-state index contributed by atoms with van der Waals surface area (Å²) in [6, 6.07) is 6.77. The van der Waals surface area contributed by atoms with Gasteiger partial charge in [0.15, 0.2) is 0 Å². The van der Waals surface area contributed by atoms with Gasteiger partial charge in [-0.3, -0.25) is 8.61 Å². The number of fused-ring (bicyclic) bond motifs is 1. The van der Waals surface area contributed by atoms with Crippen molar-refractivity contribution >= 4 is 39.0 Å². The van der Waals surface area contributed by atoms with E-state index in [2.05, 4.69) is 10.6 Å². The first-order valence-corrected chi connectivity index (χ1v) is 9.44. The Morgan fingerprint density at radius 1 is 0.964 bits per heavy atom. The zero-order chi connectivity index (χ0) is 20.9. The summed E-state index contributed by atoms with van der Waals surface area (Å²) in [5.41, 5.74) is 0.259. The van der Waals surface area contributed by atoms with Crippen LogP contribution in [0.4, 0.5) is 40.7 Å². The summed E-state index contributed by atoms with van der Waals surface area (Å²) >= 11 is 0. The number of nitrogens with one attached hydrogen (secondary N) is 2. The Balaban J connectivity index is 1.87. The fourth-order valence-corrected chi connectivity index (χ4v) is 4.02. The van der Waals surface area contributed by atoms with Crippen molar-refractivity contribution in [2.24, 2.45) is 0 Å². The second-order valence-electron chi connectivity index (χ2n) is 6.22. The number of halogens is 3. The van der Waals surface area contributed by atoms with Gasteiger partial charge in [0.1, 0.15) is 0 Å². The Labute approximate surface area is 159 Å². The van der Waals surface area contributed by atoms with E-state index >= 15 is 0 Å². The maximum absolute atomic E-state index is 13.1. The smallest absolute Gasteiger partial charge is 0.307 e. The van der Waals surface area contributed by atoms with E-state index in [4.69, 9.17) is 0 Å². The standard InChI is InChI=1S/C17H17F3N4O3S/c1-10-8-14-15(24(3)28(26,27)23(14)2)9-13(10)22-16(25)21-12-7-5-4-6-11(12)17(18,19)20/h4-9H,1-3H3,(H2,21,22,25). The average Bonchev–Trinajstić information content (AvgIpc) is 2.76. The largest absolute Gasteiger partial charge is 0.418 e. The van der Waals surface area contributed by atoms with Crippen LogP contribution in [0, 0.1) is 6.92 Å². The minimum absolute atomic E-state index is 0.276. The second-order valence-corrected chi connectivity index (χ2v) is 8.21. The first kappa shape index (κ1) is 19.8. The topological polar surface area (TPSA) is 81.8 Å². The number of hydrogen-bond donors (Lipinski definition) is 2. The molecule has 2 N–H and O–H groups in total. The maximum Gasteiger partial charge on any atom is 0.418 e. The number of aryl methyl sites for hydroxylation is 1. The lowest BCUT2D eigenvalue weighted by Gasteiger charge is -2.16. The van der Waals surface area contributed by atoms with Gasteiger partial charge in [-0.15, -0.1) is 0 Å². The number of nitrogens with zero attached hydrogens (tertiary/aromatic N) is 2. The number of benzene rings is 2. The predicted octanol–water partition coefficient (Wildman–Crippen LogP) is 3.79. The van der Waals surface area contributed by atoms with Gasteiger partial charge in [0.2, 0.25) is 0 Å². The third-order valence-corrected chi connectivity index (χ3v) is 6.20. The molecule has 0 aliphatic carbocycles. The van der Waals surface area contributed by atoms with Crippen molar-refractivity contribution in [3.63, 3.8) is 0 Å². The summed E-state index contributed by atoms with van der Waals surface area (Å²) in [5, 5.41) is 4.66. The zero-order valence-electron chi connectivity index (χ0n) is 15.1. The Morgan fingerprint density at radius 3 is 2.11 bits per heavy atom. The molecule has 0 bridgehead atoms. The second kappa shape index (κ2) is 6.59. The van der Waals surface area contributed by atoms with E-state index < -0.39 is 28.0 Å². The van der Waals surface area contributed by atoms with Gasteiger partial charge in [0, 0.05) is 19.8 Å². The molecule has 0 spiro atoms. The van der Waals surface area contributed by atoms with Crippen LogP contribution >= 0.6 is 0 Å². The van der Waals surface area contributed by atoms with Crippen LogP contribution < -0.4 is 19.2 Å². The monoisotopic (exact) mass is 414 g/mol. The molecule has 11 heteroatoms. The molecular formula is C17H17F3N4O3S. The fourth-order valence-electron chi connectivity index (χ4n) is 2.87. The molecule has 0 saturated heterocycles. The molecule has 0 aromatic heterocycles. The van der Waals surface area contributed by atoms with E-state index in [1.807, 2.05) is 0 Å². The maximum atomic E-state index is 13.1. The Bertz CT molecular complexity index is 1050. The minimum Gasteiger partial charge on any atom is -0.307 e. The van der Waals surface area contributed by atoms with Crippen molar-refractivity contribution in [2.75, 3.05) is 33.3 Å². The van der Waals surface area contributed by atoms with Crippen molar-refractivity contribution in [1.29, 1.82) is 0 Å². The van der Waals surface area contributed by atoms with Crippen LogP contribution in [0.3, 0.4) is 0 Å². The van der Waals surface area contributed by atoms with Crippen LogP contribution in [0.1, 0.15) is 11.1 Å². The molecule has 7 nitrogen and oxygen atoms in total. The van der Waals surface area contributed by atoms with E-state index in [1.54, 1.807) is 13.0 Å². The highest BCUT2D eigenvalue weighted by Gasteiger charge is 2.36. The average molecular weight is 414 g/mol. The summed E-state index contributed by atoms with van der Waals surface area (Å²) in [5.74, 6) is 0. The molecule has 28 heavy (non-hydrogen) atoms. The number of para-hydroxylation sites is 1. The van der Waals surface area contributed by atoms with Gasteiger partial charge < -0.3 is 10.6 Å². The molecule has 2 amide bonds. The predicted molar refractivity (Wildman–Crippen MR) is 101 cm³/mol. The van der Waals surface area contributed by atoms with Crippen molar-refractivity contribution in [3.8, 4) is 0 Å². The van der Waals surface area contributed by atoms with E-state index in [9.17, 15) is 26.4 Å².